The topological polar surface area (TPSA) is 85.8 Å². The molecule has 170 valence electrons. The highest BCUT2D eigenvalue weighted by Crippen LogP contribution is 2.32. The van der Waals surface area contributed by atoms with E-state index >= 15 is 0 Å². The molecule has 3 aromatic rings. The van der Waals surface area contributed by atoms with Crippen molar-refractivity contribution >= 4 is 11.7 Å². The van der Waals surface area contributed by atoms with Crippen molar-refractivity contribution in [3.8, 4) is 28.5 Å². The van der Waals surface area contributed by atoms with Gasteiger partial charge < -0.3 is 24.4 Å². The van der Waals surface area contributed by atoms with Crippen LogP contribution in [-0.4, -0.2) is 43.1 Å². The normalized spacial score (nSPS) is 17.0. The highest BCUT2D eigenvalue weighted by Gasteiger charge is 2.27. The number of carbonyl (C=O) groups is 1. The van der Waals surface area contributed by atoms with E-state index in [1.807, 2.05) is 54.6 Å². The largest absolute Gasteiger partial charge is 0.497 e. The first kappa shape index (κ1) is 21.1. The molecule has 8 heteroatoms. The van der Waals surface area contributed by atoms with Crippen LogP contribution in [0.5, 0.6) is 17.2 Å². The highest BCUT2D eigenvalue weighted by molar-refractivity contribution is 5.79. The lowest BCUT2D eigenvalue weighted by molar-refractivity contribution is -0.125. The Bertz CT molecular complexity index is 1120. The summed E-state index contributed by atoms with van der Waals surface area (Å²) >= 11 is 0. The molecule has 8 nitrogen and oxygen atoms in total. The number of nitrogens with one attached hydrogen (secondary N) is 1. The third-order valence-electron chi connectivity index (χ3n) is 6.06. The van der Waals surface area contributed by atoms with Crippen molar-refractivity contribution in [2.45, 2.75) is 19.4 Å². The van der Waals surface area contributed by atoms with E-state index in [1.165, 1.54) is 0 Å². The van der Waals surface area contributed by atoms with Crippen molar-refractivity contribution < 1.29 is 19.0 Å². The van der Waals surface area contributed by atoms with Crippen LogP contribution < -0.4 is 24.4 Å². The van der Waals surface area contributed by atoms with Gasteiger partial charge in [-0.05, 0) is 66.9 Å². The van der Waals surface area contributed by atoms with Crippen LogP contribution in [0.2, 0.25) is 0 Å². The van der Waals surface area contributed by atoms with E-state index in [9.17, 15) is 4.79 Å². The molecule has 3 heterocycles. The summed E-state index contributed by atoms with van der Waals surface area (Å²) in [6.45, 7) is 2.20. The number of hydrogen-bond acceptors (Lipinski definition) is 7. The Morgan fingerprint density at radius 1 is 1.09 bits per heavy atom. The van der Waals surface area contributed by atoms with E-state index in [-0.39, 0.29) is 18.6 Å². The molecule has 0 unspecified atom stereocenters. The average molecular weight is 447 g/mol. The molecule has 1 fully saturated rings. The number of anilines is 1. The lowest BCUT2D eigenvalue weighted by atomic mass is 9.97. The first-order valence-corrected chi connectivity index (χ1v) is 11.1. The van der Waals surface area contributed by atoms with E-state index in [0.29, 0.717) is 13.1 Å². The number of carbonyl (C=O) groups excluding carboxylic acids is 1. The molecule has 0 radical (unpaired) electrons. The first-order chi connectivity index (χ1) is 16.2. The van der Waals surface area contributed by atoms with Gasteiger partial charge in [-0.1, -0.05) is 6.07 Å². The monoisotopic (exact) mass is 446 g/mol. The van der Waals surface area contributed by atoms with Gasteiger partial charge >= 0.3 is 0 Å². The van der Waals surface area contributed by atoms with Crippen LogP contribution in [0.25, 0.3) is 11.3 Å². The Labute approximate surface area is 192 Å². The van der Waals surface area contributed by atoms with E-state index in [0.717, 1.165) is 59.3 Å². The molecule has 1 N–H and O–H groups in total. The molecule has 0 bridgehead atoms. The lowest BCUT2D eigenvalue weighted by Crippen LogP contribution is -2.43. The summed E-state index contributed by atoms with van der Waals surface area (Å²) < 4.78 is 16.0. The van der Waals surface area contributed by atoms with Gasteiger partial charge in [-0.2, -0.15) is 0 Å². The number of methoxy groups -OCH3 is 1. The van der Waals surface area contributed by atoms with E-state index in [4.69, 9.17) is 14.2 Å². The number of piperidine rings is 1. The third-order valence-corrected chi connectivity index (χ3v) is 6.06. The Balaban J connectivity index is 1.18. The Kier molecular flexibility index (Phi) is 5.97. The summed E-state index contributed by atoms with van der Waals surface area (Å²) in [7, 11) is 1.65. The average Bonchev–Trinajstić information content (AvgIpc) is 3.35. The van der Waals surface area contributed by atoms with Crippen molar-refractivity contribution in [1.29, 1.82) is 0 Å². The number of aromatic nitrogens is 2. The molecular weight excluding hydrogens is 420 g/mol. The predicted molar refractivity (Wildman–Crippen MR) is 123 cm³/mol. The summed E-state index contributed by atoms with van der Waals surface area (Å²) in [4.78, 5) is 15.0. The predicted octanol–water partition coefficient (Wildman–Crippen LogP) is 3.41. The molecule has 2 aliphatic heterocycles. The summed E-state index contributed by atoms with van der Waals surface area (Å²) in [5.41, 5.74) is 2.77. The molecule has 0 aliphatic carbocycles. The van der Waals surface area contributed by atoms with E-state index in [1.54, 1.807) is 7.11 Å². The van der Waals surface area contributed by atoms with Gasteiger partial charge in [0.25, 0.3) is 0 Å². The second kappa shape index (κ2) is 9.36. The van der Waals surface area contributed by atoms with Crippen molar-refractivity contribution in [1.82, 2.24) is 15.5 Å². The minimum absolute atomic E-state index is 0.0557. The van der Waals surface area contributed by atoms with Crippen LogP contribution in [0.4, 0.5) is 5.82 Å². The van der Waals surface area contributed by atoms with Crippen LogP contribution in [0.1, 0.15) is 18.4 Å². The van der Waals surface area contributed by atoms with Crippen molar-refractivity contribution in [3.63, 3.8) is 0 Å². The Morgan fingerprint density at radius 3 is 2.73 bits per heavy atom. The molecule has 2 aliphatic rings. The quantitative estimate of drug-likeness (QED) is 0.621. The van der Waals surface area contributed by atoms with Gasteiger partial charge in [0, 0.05) is 25.2 Å². The molecule has 2 aromatic carbocycles. The summed E-state index contributed by atoms with van der Waals surface area (Å²) in [5, 5.41) is 11.9. The molecule has 33 heavy (non-hydrogen) atoms. The number of fused-ring (bicyclic) bond motifs is 1. The SMILES string of the molecule is COc1ccc(-c2ccc(N3CCC[C@@H](C(=O)NCc4ccc5c(c4)OCO5)C3)nn2)cc1. The summed E-state index contributed by atoms with van der Waals surface area (Å²) in [6, 6.07) is 17.4. The standard InChI is InChI=1S/C25H26N4O4/c1-31-20-7-5-18(6-8-20)21-9-11-24(28-27-21)29-12-2-3-19(15-29)25(30)26-14-17-4-10-22-23(13-17)33-16-32-22/h4-11,13,19H,2-3,12,14-16H2,1H3,(H,26,30)/t19-/m1/s1. The number of amides is 1. The maximum absolute atomic E-state index is 12.8. The number of hydrogen-bond donors (Lipinski definition) is 1. The van der Waals surface area contributed by atoms with Gasteiger partial charge in [-0.25, -0.2) is 0 Å². The van der Waals surface area contributed by atoms with Gasteiger partial charge in [0.1, 0.15) is 5.75 Å². The number of rotatable bonds is 6. The zero-order chi connectivity index (χ0) is 22.6. The number of ether oxygens (including phenoxy) is 3. The first-order valence-electron chi connectivity index (χ1n) is 11.1. The van der Waals surface area contributed by atoms with Crippen LogP contribution in [-0.2, 0) is 11.3 Å². The second-order valence-corrected chi connectivity index (χ2v) is 8.20. The van der Waals surface area contributed by atoms with Gasteiger partial charge in [0.05, 0.1) is 18.7 Å². The van der Waals surface area contributed by atoms with Crippen molar-refractivity contribution in [2.24, 2.45) is 5.92 Å². The Hall–Kier alpha value is -3.81. The molecular formula is C25H26N4O4. The number of nitrogens with zero attached hydrogens (tertiary/aromatic N) is 3. The van der Waals surface area contributed by atoms with Gasteiger partial charge in [-0.3, -0.25) is 4.79 Å². The van der Waals surface area contributed by atoms with Gasteiger partial charge in [-0.15, -0.1) is 10.2 Å². The summed E-state index contributed by atoms with van der Waals surface area (Å²) in [5.74, 6) is 3.03. The Morgan fingerprint density at radius 2 is 1.94 bits per heavy atom. The van der Waals surface area contributed by atoms with Crippen LogP contribution >= 0.6 is 0 Å². The zero-order valence-corrected chi connectivity index (χ0v) is 18.5. The van der Waals surface area contributed by atoms with E-state index < -0.39 is 0 Å². The van der Waals surface area contributed by atoms with Gasteiger partial charge in [0.2, 0.25) is 12.7 Å². The zero-order valence-electron chi connectivity index (χ0n) is 18.5. The van der Waals surface area contributed by atoms with Crippen LogP contribution in [0, 0.1) is 5.92 Å². The van der Waals surface area contributed by atoms with Crippen LogP contribution in [0.15, 0.2) is 54.6 Å². The number of benzene rings is 2. The fourth-order valence-electron chi connectivity index (χ4n) is 4.19. The fourth-order valence-corrected chi connectivity index (χ4v) is 4.19. The molecule has 0 saturated carbocycles. The second-order valence-electron chi connectivity index (χ2n) is 8.20. The van der Waals surface area contributed by atoms with Crippen molar-refractivity contribution in [3.05, 3.63) is 60.2 Å². The smallest absolute Gasteiger partial charge is 0.231 e. The molecule has 0 spiro atoms. The molecule has 1 saturated heterocycles. The molecule has 1 atom stereocenters. The summed E-state index contributed by atoms with van der Waals surface area (Å²) in [6.07, 6.45) is 1.80. The van der Waals surface area contributed by atoms with Crippen LogP contribution in [0.3, 0.4) is 0 Å². The van der Waals surface area contributed by atoms with Gasteiger partial charge in [0.15, 0.2) is 17.3 Å². The maximum Gasteiger partial charge on any atom is 0.231 e. The van der Waals surface area contributed by atoms with E-state index in [2.05, 4.69) is 20.4 Å². The minimum Gasteiger partial charge on any atom is -0.497 e. The molecule has 1 amide bonds. The molecule has 1 aromatic heterocycles. The third kappa shape index (κ3) is 4.69. The molecule has 5 rings (SSSR count). The highest BCUT2D eigenvalue weighted by atomic mass is 16.7. The maximum atomic E-state index is 12.8. The lowest BCUT2D eigenvalue weighted by Gasteiger charge is -2.32. The minimum atomic E-state index is -0.0872. The fraction of sp³-hybridized carbons (Fsp3) is 0.320. The van der Waals surface area contributed by atoms with Crippen molar-refractivity contribution in [2.75, 3.05) is 31.9 Å².